The van der Waals surface area contributed by atoms with E-state index in [0.717, 1.165) is 23.3 Å². The first-order valence-electron chi connectivity index (χ1n) is 6.87. The molecule has 4 heteroatoms. The highest BCUT2D eigenvalue weighted by Crippen LogP contribution is 2.43. The Kier molecular flexibility index (Phi) is 3.87. The summed E-state index contributed by atoms with van der Waals surface area (Å²) in [4.78, 5) is 2.08. The van der Waals surface area contributed by atoms with E-state index in [9.17, 15) is 0 Å². The van der Waals surface area contributed by atoms with E-state index in [0.29, 0.717) is 10.0 Å². The fourth-order valence-electron chi connectivity index (χ4n) is 2.70. The zero-order valence-corrected chi connectivity index (χ0v) is 13.8. The number of likely N-dealkylation sites (N-methyl/N-ethyl adjacent to an activating group) is 1. The van der Waals surface area contributed by atoms with E-state index < -0.39 is 0 Å². The molecule has 1 unspecified atom stereocenters. The minimum Gasteiger partial charge on any atom is -0.474 e. The highest BCUT2D eigenvalue weighted by molar-refractivity contribution is 6.35. The summed E-state index contributed by atoms with van der Waals surface area (Å²) in [6.07, 6.45) is 0.952. The summed E-state index contributed by atoms with van der Waals surface area (Å²) in [5.41, 5.74) is 4.35. The Labute approximate surface area is 135 Å². The van der Waals surface area contributed by atoms with E-state index in [-0.39, 0.29) is 6.23 Å². The van der Waals surface area contributed by atoms with Crippen molar-refractivity contribution in [2.45, 2.75) is 19.6 Å². The number of ether oxygens (including phenoxy) is 1. The van der Waals surface area contributed by atoms with E-state index in [1.165, 1.54) is 11.1 Å². The maximum Gasteiger partial charge on any atom is 0.156 e. The molecule has 0 saturated carbocycles. The lowest BCUT2D eigenvalue weighted by molar-refractivity contribution is 0.0866. The van der Waals surface area contributed by atoms with Crippen molar-refractivity contribution in [3.63, 3.8) is 0 Å². The van der Waals surface area contributed by atoms with E-state index in [2.05, 4.69) is 24.0 Å². The number of aryl methyl sites for hydroxylation is 1. The van der Waals surface area contributed by atoms with Crippen LogP contribution in [0.2, 0.25) is 10.0 Å². The molecule has 110 valence electrons. The molecule has 0 radical (unpaired) electrons. The van der Waals surface area contributed by atoms with Crippen LogP contribution in [0.1, 0.15) is 11.1 Å². The summed E-state index contributed by atoms with van der Waals surface area (Å²) in [7, 11) is 4.05. The molecule has 2 aromatic carbocycles. The Morgan fingerprint density at radius 3 is 2.57 bits per heavy atom. The summed E-state index contributed by atoms with van der Waals surface area (Å²) in [6, 6.07) is 9.81. The van der Waals surface area contributed by atoms with Gasteiger partial charge in [0.05, 0.1) is 0 Å². The van der Waals surface area contributed by atoms with Crippen molar-refractivity contribution in [3.8, 4) is 16.9 Å². The molecule has 1 atom stereocenters. The van der Waals surface area contributed by atoms with Gasteiger partial charge < -0.3 is 4.74 Å². The van der Waals surface area contributed by atoms with Gasteiger partial charge in [-0.2, -0.15) is 0 Å². The zero-order valence-electron chi connectivity index (χ0n) is 12.3. The summed E-state index contributed by atoms with van der Waals surface area (Å²) in [6.45, 7) is 2.09. The lowest BCUT2D eigenvalue weighted by Crippen LogP contribution is -2.31. The van der Waals surface area contributed by atoms with Crippen LogP contribution in [0.25, 0.3) is 11.1 Å². The van der Waals surface area contributed by atoms with E-state index >= 15 is 0 Å². The lowest BCUT2D eigenvalue weighted by Gasteiger charge is -2.19. The first kappa shape index (κ1) is 14.7. The Balaban J connectivity index is 2.15. The van der Waals surface area contributed by atoms with Gasteiger partial charge in [0.15, 0.2) is 6.23 Å². The summed E-state index contributed by atoms with van der Waals surface area (Å²) in [5, 5.41) is 1.36. The number of hydrogen-bond donors (Lipinski definition) is 0. The molecule has 0 fully saturated rings. The van der Waals surface area contributed by atoms with Gasteiger partial charge in [-0.25, -0.2) is 0 Å². The zero-order chi connectivity index (χ0) is 15.1. The Bertz CT molecular complexity index is 697. The lowest BCUT2D eigenvalue weighted by atomic mass is 9.98. The molecule has 2 aromatic rings. The molecule has 0 aliphatic carbocycles. The van der Waals surface area contributed by atoms with Crippen LogP contribution in [-0.2, 0) is 6.42 Å². The van der Waals surface area contributed by atoms with Crippen LogP contribution in [0.5, 0.6) is 5.75 Å². The standard InChI is InChI=1S/C17H17Cl2NO/c1-10-6-11-8-16(20(2)3)21-17(11)14(7-10)13-9-12(18)4-5-15(13)19/h4-7,9,16H,8H2,1-3H3. The monoisotopic (exact) mass is 321 g/mol. The van der Waals surface area contributed by atoms with Crippen LogP contribution < -0.4 is 4.74 Å². The maximum absolute atomic E-state index is 6.36. The second kappa shape index (κ2) is 5.53. The molecule has 0 spiro atoms. The third-order valence-electron chi connectivity index (χ3n) is 3.75. The molecule has 0 amide bonds. The number of nitrogens with zero attached hydrogens (tertiary/aromatic N) is 1. The fourth-order valence-corrected chi connectivity index (χ4v) is 3.09. The third-order valence-corrected chi connectivity index (χ3v) is 4.32. The van der Waals surface area contributed by atoms with Crippen molar-refractivity contribution >= 4 is 23.2 Å². The Hall–Kier alpha value is -1.22. The van der Waals surface area contributed by atoms with Crippen LogP contribution in [0, 0.1) is 6.92 Å². The predicted molar refractivity (Wildman–Crippen MR) is 88.4 cm³/mol. The van der Waals surface area contributed by atoms with Gasteiger partial charge in [-0.1, -0.05) is 29.3 Å². The van der Waals surface area contributed by atoms with E-state index in [1.807, 2.05) is 26.2 Å². The van der Waals surface area contributed by atoms with E-state index in [4.69, 9.17) is 27.9 Å². The van der Waals surface area contributed by atoms with Crippen LogP contribution >= 0.6 is 23.2 Å². The minimum atomic E-state index is 0.0681. The van der Waals surface area contributed by atoms with Crippen molar-refractivity contribution in [1.29, 1.82) is 0 Å². The number of benzene rings is 2. The van der Waals surface area contributed by atoms with E-state index in [1.54, 1.807) is 6.07 Å². The number of halogens is 2. The smallest absolute Gasteiger partial charge is 0.156 e. The van der Waals surface area contributed by atoms with Crippen LogP contribution in [0.15, 0.2) is 30.3 Å². The van der Waals surface area contributed by atoms with Gasteiger partial charge in [-0.15, -0.1) is 0 Å². The van der Waals surface area contributed by atoms with Crippen molar-refractivity contribution in [1.82, 2.24) is 4.90 Å². The van der Waals surface area contributed by atoms with Crippen LogP contribution in [0.4, 0.5) is 0 Å². The third kappa shape index (κ3) is 2.76. The van der Waals surface area contributed by atoms with Crippen molar-refractivity contribution < 1.29 is 4.74 Å². The van der Waals surface area contributed by atoms with Gasteiger partial charge in [-0.3, -0.25) is 4.90 Å². The fraction of sp³-hybridized carbons (Fsp3) is 0.294. The Morgan fingerprint density at radius 2 is 1.86 bits per heavy atom. The second-order valence-corrected chi connectivity index (χ2v) is 6.51. The highest BCUT2D eigenvalue weighted by Gasteiger charge is 2.28. The number of hydrogen-bond acceptors (Lipinski definition) is 2. The largest absolute Gasteiger partial charge is 0.474 e. The summed E-state index contributed by atoms with van der Waals surface area (Å²) >= 11 is 12.5. The van der Waals surface area contributed by atoms with Gasteiger partial charge in [0.1, 0.15) is 5.75 Å². The van der Waals surface area contributed by atoms with Crippen molar-refractivity contribution in [3.05, 3.63) is 51.5 Å². The highest BCUT2D eigenvalue weighted by atomic mass is 35.5. The van der Waals surface area contributed by atoms with Crippen molar-refractivity contribution in [2.75, 3.05) is 14.1 Å². The molecule has 1 aliphatic heterocycles. The molecule has 21 heavy (non-hydrogen) atoms. The molecule has 0 bridgehead atoms. The molecule has 0 saturated heterocycles. The molecule has 2 nitrogen and oxygen atoms in total. The molecule has 0 aromatic heterocycles. The van der Waals surface area contributed by atoms with Crippen LogP contribution in [-0.4, -0.2) is 25.2 Å². The summed E-state index contributed by atoms with van der Waals surface area (Å²) < 4.78 is 6.13. The normalized spacial score (nSPS) is 17.0. The first-order valence-corrected chi connectivity index (χ1v) is 7.63. The SMILES string of the molecule is Cc1cc2c(c(-c3cc(Cl)ccc3Cl)c1)OC(N(C)C)C2. The molecular formula is C17H17Cl2NO. The molecule has 3 rings (SSSR count). The quantitative estimate of drug-likeness (QED) is 0.788. The molecule has 1 aliphatic rings. The Morgan fingerprint density at radius 1 is 1.10 bits per heavy atom. The topological polar surface area (TPSA) is 12.5 Å². The van der Waals surface area contributed by atoms with Gasteiger partial charge >= 0.3 is 0 Å². The maximum atomic E-state index is 6.36. The minimum absolute atomic E-state index is 0.0681. The first-order chi connectivity index (χ1) is 9.95. The number of rotatable bonds is 2. The average Bonchev–Trinajstić information content (AvgIpc) is 2.84. The second-order valence-electron chi connectivity index (χ2n) is 5.67. The van der Waals surface area contributed by atoms with Gasteiger partial charge in [0, 0.05) is 33.2 Å². The van der Waals surface area contributed by atoms with Gasteiger partial charge in [0.25, 0.3) is 0 Å². The average molecular weight is 322 g/mol. The molecule has 0 N–H and O–H groups in total. The summed E-state index contributed by atoms with van der Waals surface area (Å²) in [5.74, 6) is 0.920. The predicted octanol–water partition coefficient (Wildman–Crippen LogP) is 4.79. The molecule has 1 heterocycles. The van der Waals surface area contributed by atoms with Gasteiger partial charge in [-0.05, 0) is 50.8 Å². The van der Waals surface area contributed by atoms with Crippen LogP contribution in [0.3, 0.4) is 0 Å². The number of fused-ring (bicyclic) bond motifs is 1. The van der Waals surface area contributed by atoms with Crippen molar-refractivity contribution in [2.24, 2.45) is 0 Å². The van der Waals surface area contributed by atoms with Gasteiger partial charge in [0.2, 0.25) is 0 Å². The molecular weight excluding hydrogens is 305 g/mol.